The van der Waals surface area contributed by atoms with Crippen molar-refractivity contribution in [2.24, 2.45) is 5.41 Å². The molecule has 0 aliphatic carbocycles. The topological polar surface area (TPSA) is 60.8 Å². The minimum absolute atomic E-state index is 0.151. The SMILES string of the molecule is CC(C)(C)C1[C@@H](O)[C@H](c2ccccc2)CN1C(=O)O. The minimum atomic E-state index is -0.961. The van der Waals surface area contributed by atoms with Crippen LogP contribution in [-0.2, 0) is 0 Å². The van der Waals surface area contributed by atoms with Gasteiger partial charge in [0, 0.05) is 12.5 Å². The van der Waals surface area contributed by atoms with Gasteiger partial charge in [-0.1, -0.05) is 51.1 Å². The molecule has 0 radical (unpaired) electrons. The molecule has 19 heavy (non-hydrogen) atoms. The molecule has 1 amide bonds. The molecule has 0 aromatic heterocycles. The number of benzene rings is 1. The summed E-state index contributed by atoms with van der Waals surface area (Å²) in [5.41, 5.74) is 0.703. The summed E-state index contributed by atoms with van der Waals surface area (Å²) >= 11 is 0. The van der Waals surface area contributed by atoms with Crippen LogP contribution in [0, 0.1) is 5.41 Å². The summed E-state index contributed by atoms with van der Waals surface area (Å²) in [5, 5.41) is 19.9. The first-order chi connectivity index (χ1) is 8.82. The fourth-order valence-electron chi connectivity index (χ4n) is 3.02. The number of aliphatic hydroxyl groups is 1. The third-order valence-corrected chi connectivity index (χ3v) is 3.83. The second-order valence-electron chi connectivity index (χ2n) is 6.25. The van der Waals surface area contributed by atoms with Crippen molar-refractivity contribution < 1.29 is 15.0 Å². The van der Waals surface area contributed by atoms with Crippen LogP contribution < -0.4 is 0 Å². The van der Waals surface area contributed by atoms with Gasteiger partial charge in [0.25, 0.3) is 0 Å². The Bertz CT molecular complexity index is 452. The summed E-state index contributed by atoms with van der Waals surface area (Å²) in [6, 6.07) is 9.25. The summed E-state index contributed by atoms with van der Waals surface area (Å²) in [7, 11) is 0. The van der Waals surface area contributed by atoms with Crippen LogP contribution in [0.25, 0.3) is 0 Å². The predicted octanol–water partition coefficient (Wildman–Crippen LogP) is 2.54. The molecule has 4 nitrogen and oxygen atoms in total. The molecule has 1 saturated heterocycles. The van der Waals surface area contributed by atoms with Crippen LogP contribution in [0.3, 0.4) is 0 Å². The van der Waals surface area contributed by atoms with Crippen molar-refractivity contribution in [2.45, 2.75) is 38.8 Å². The number of rotatable bonds is 1. The van der Waals surface area contributed by atoms with E-state index in [0.29, 0.717) is 6.54 Å². The van der Waals surface area contributed by atoms with E-state index >= 15 is 0 Å². The third-order valence-electron chi connectivity index (χ3n) is 3.83. The van der Waals surface area contributed by atoms with E-state index in [1.807, 2.05) is 51.1 Å². The highest BCUT2D eigenvalue weighted by atomic mass is 16.4. The van der Waals surface area contributed by atoms with E-state index in [9.17, 15) is 15.0 Å². The Morgan fingerprint density at radius 1 is 1.26 bits per heavy atom. The summed E-state index contributed by atoms with van der Waals surface area (Å²) in [6.45, 7) is 6.24. The van der Waals surface area contributed by atoms with Crippen molar-refractivity contribution in [2.75, 3.05) is 6.54 Å². The number of carboxylic acid groups (broad SMARTS) is 1. The van der Waals surface area contributed by atoms with Gasteiger partial charge in [0.2, 0.25) is 0 Å². The molecule has 4 heteroatoms. The molecular weight excluding hydrogens is 242 g/mol. The molecule has 3 atom stereocenters. The summed E-state index contributed by atoms with van der Waals surface area (Å²) < 4.78 is 0. The number of hydrogen-bond acceptors (Lipinski definition) is 2. The van der Waals surface area contributed by atoms with Crippen molar-refractivity contribution in [3.8, 4) is 0 Å². The summed E-state index contributed by atoms with van der Waals surface area (Å²) in [5.74, 6) is -0.151. The maximum atomic E-state index is 11.4. The summed E-state index contributed by atoms with van der Waals surface area (Å²) in [4.78, 5) is 12.8. The molecule has 2 rings (SSSR count). The van der Waals surface area contributed by atoms with Gasteiger partial charge in [-0.25, -0.2) is 4.79 Å². The van der Waals surface area contributed by atoms with E-state index in [0.717, 1.165) is 5.56 Å². The first-order valence-corrected chi connectivity index (χ1v) is 6.55. The van der Waals surface area contributed by atoms with Gasteiger partial charge >= 0.3 is 6.09 Å². The molecule has 0 bridgehead atoms. The average Bonchev–Trinajstić information content (AvgIpc) is 2.68. The predicted molar refractivity (Wildman–Crippen MR) is 73.2 cm³/mol. The lowest BCUT2D eigenvalue weighted by Crippen LogP contribution is -2.47. The fraction of sp³-hybridized carbons (Fsp3) is 0.533. The molecule has 104 valence electrons. The molecule has 0 spiro atoms. The first kappa shape index (κ1) is 13.9. The zero-order valence-electron chi connectivity index (χ0n) is 11.6. The molecule has 1 aliphatic heterocycles. The molecular formula is C15H21NO3. The number of hydrogen-bond donors (Lipinski definition) is 2. The van der Waals surface area contributed by atoms with Crippen LogP contribution in [0.2, 0.25) is 0 Å². The molecule has 1 heterocycles. The molecule has 1 fully saturated rings. The maximum Gasteiger partial charge on any atom is 0.407 e. The standard InChI is InChI=1S/C15H21NO3/c1-15(2,3)13-12(17)11(9-16(13)14(18)19)10-7-5-4-6-8-10/h4-8,11-13,17H,9H2,1-3H3,(H,18,19)/t11-,12-,13?/m0/s1. The Labute approximate surface area is 113 Å². The van der Waals surface area contributed by atoms with Crippen molar-refractivity contribution in [3.05, 3.63) is 35.9 Å². The minimum Gasteiger partial charge on any atom is -0.465 e. The van der Waals surface area contributed by atoms with Gasteiger partial charge < -0.3 is 15.1 Å². The molecule has 1 aliphatic rings. The van der Waals surface area contributed by atoms with E-state index in [-0.39, 0.29) is 17.4 Å². The van der Waals surface area contributed by atoms with E-state index in [4.69, 9.17) is 0 Å². The highest BCUT2D eigenvalue weighted by Crippen LogP contribution is 2.40. The quantitative estimate of drug-likeness (QED) is 0.818. The number of nitrogens with zero attached hydrogens (tertiary/aromatic N) is 1. The number of carbonyl (C=O) groups is 1. The fourth-order valence-corrected chi connectivity index (χ4v) is 3.02. The van der Waals surface area contributed by atoms with Crippen LogP contribution in [0.5, 0.6) is 0 Å². The largest absolute Gasteiger partial charge is 0.465 e. The third kappa shape index (κ3) is 2.59. The lowest BCUT2D eigenvalue weighted by atomic mass is 9.80. The smallest absolute Gasteiger partial charge is 0.407 e. The van der Waals surface area contributed by atoms with Crippen LogP contribution in [-0.4, -0.2) is 39.9 Å². The Morgan fingerprint density at radius 3 is 2.26 bits per heavy atom. The molecule has 2 N–H and O–H groups in total. The zero-order chi connectivity index (χ0) is 14.2. The highest BCUT2D eigenvalue weighted by Gasteiger charge is 2.48. The first-order valence-electron chi connectivity index (χ1n) is 6.55. The number of aliphatic hydroxyl groups excluding tert-OH is 1. The van der Waals surface area contributed by atoms with Crippen LogP contribution in [0.15, 0.2) is 30.3 Å². The number of amides is 1. The maximum absolute atomic E-state index is 11.4. The van der Waals surface area contributed by atoms with E-state index in [2.05, 4.69) is 0 Å². The Balaban J connectivity index is 2.34. The summed E-state index contributed by atoms with van der Waals surface area (Å²) in [6.07, 6.45) is -1.63. The van der Waals surface area contributed by atoms with Gasteiger partial charge in [-0.2, -0.15) is 0 Å². The van der Waals surface area contributed by atoms with Gasteiger partial charge in [-0.05, 0) is 11.0 Å². The lowest BCUT2D eigenvalue weighted by molar-refractivity contribution is 0.0424. The molecule has 1 aromatic carbocycles. The molecule has 0 saturated carbocycles. The van der Waals surface area contributed by atoms with Crippen LogP contribution in [0.4, 0.5) is 4.79 Å². The zero-order valence-corrected chi connectivity index (χ0v) is 11.6. The Hall–Kier alpha value is -1.55. The van der Waals surface area contributed by atoms with Gasteiger partial charge in [0.15, 0.2) is 0 Å². The Kier molecular flexibility index (Phi) is 3.54. The highest BCUT2D eigenvalue weighted by molar-refractivity contribution is 5.66. The average molecular weight is 263 g/mol. The van der Waals surface area contributed by atoms with Gasteiger partial charge in [-0.3, -0.25) is 0 Å². The Morgan fingerprint density at radius 2 is 1.84 bits per heavy atom. The van der Waals surface area contributed by atoms with Gasteiger partial charge in [0.1, 0.15) is 0 Å². The molecule has 1 aromatic rings. The van der Waals surface area contributed by atoms with Gasteiger partial charge in [-0.15, -0.1) is 0 Å². The van der Waals surface area contributed by atoms with Crippen LogP contribution >= 0.6 is 0 Å². The van der Waals surface area contributed by atoms with Crippen molar-refractivity contribution in [3.63, 3.8) is 0 Å². The van der Waals surface area contributed by atoms with Crippen molar-refractivity contribution in [1.29, 1.82) is 0 Å². The van der Waals surface area contributed by atoms with Gasteiger partial charge in [0.05, 0.1) is 12.1 Å². The van der Waals surface area contributed by atoms with E-state index in [1.54, 1.807) is 0 Å². The van der Waals surface area contributed by atoms with Crippen molar-refractivity contribution >= 4 is 6.09 Å². The lowest BCUT2D eigenvalue weighted by Gasteiger charge is -2.35. The molecule has 1 unspecified atom stereocenters. The second kappa shape index (κ2) is 4.85. The second-order valence-corrected chi connectivity index (χ2v) is 6.25. The normalized spacial score (nSPS) is 27.6. The number of likely N-dealkylation sites (tertiary alicyclic amines) is 1. The van der Waals surface area contributed by atoms with Crippen molar-refractivity contribution in [1.82, 2.24) is 4.90 Å². The van der Waals surface area contributed by atoms with Crippen LogP contribution in [0.1, 0.15) is 32.3 Å². The van der Waals surface area contributed by atoms with E-state index < -0.39 is 12.2 Å². The monoisotopic (exact) mass is 263 g/mol. The van der Waals surface area contributed by atoms with E-state index in [1.165, 1.54) is 4.90 Å².